The Hall–Kier alpha value is -2.46. The summed E-state index contributed by atoms with van der Waals surface area (Å²) in [5, 5.41) is 74.6. The second-order valence-corrected chi connectivity index (χ2v) is 19.3. The van der Waals surface area contributed by atoms with Gasteiger partial charge in [0.1, 0.15) is 23.7 Å². The van der Waals surface area contributed by atoms with Crippen LogP contribution in [0.4, 0.5) is 0 Å². The largest absolute Gasteiger partial charge is 0.513 e. The predicted octanol–water partition coefficient (Wildman–Crippen LogP) is 6.30. The van der Waals surface area contributed by atoms with E-state index in [9.17, 15) is 35.7 Å². The highest BCUT2D eigenvalue weighted by Gasteiger charge is 2.34. The lowest BCUT2D eigenvalue weighted by Gasteiger charge is -2.37. The fraction of sp³-hybridized carbons (Fsp3) is 0.796. The van der Waals surface area contributed by atoms with E-state index in [0.717, 1.165) is 115 Å². The van der Waals surface area contributed by atoms with Gasteiger partial charge in [0.15, 0.2) is 0 Å². The molecule has 356 valence electrons. The molecule has 0 heterocycles. The van der Waals surface area contributed by atoms with Gasteiger partial charge in [0.25, 0.3) is 0 Å². The van der Waals surface area contributed by atoms with Crippen molar-refractivity contribution in [1.29, 1.82) is 0 Å². The van der Waals surface area contributed by atoms with Gasteiger partial charge in [0, 0.05) is 71.6 Å². The van der Waals surface area contributed by atoms with Crippen molar-refractivity contribution in [1.82, 2.24) is 9.80 Å². The molecule has 4 aliphatic rings. The summed E-state index contributed by atoms with van der Waals surface area (Å²) < 4.78 is 12.0. The standard InChI is InChI=1S/C49H86N4O9/c1-35(54)21-40(22-36(2)55)32-53(34-42-26-46(59)49(47(60)27-42)62-20-10-6-4-8-18-51)30-38-13-11-37(12-14-38)29-52(33-41-23-43(56)28-44(57)24-41)31-39-15-16-48(45(58)25-39)61-19-9-5-3-7-17-50/h11,13,26,28,36-41,43,46-47,49,54-60H,1,3-10,12,14-25,27,29-34,50-51H2,2H3/t36?,37?,38?,39?,40?,41?,43?,46?,47?,49-/m1/s1. The van der Waals surface area contributed by atoms with Crippen LogP contribution in [0.2, 0.25) is 0 Å². The number of aliphatic hydroxyl groups is 7. The van der Waals surface area contributed by atoms with Crippen molar-refractivity contribution >= 4 is 0 Å². The number of aliphatic hydroxyl groups excluding tert-OH is 7. The van der Waals surface area contributed by atoms with Gasteiger partial charge in [-0.25, -0.2) is 0 Å². The third-order valence-corrected chi connectivity index (χ3v) is 13.1. The summed E-state index contributed by atoms with van der Waals surface area (Å²) in [5.41, 5.74) is 12.2. The first-order chi connectivity index (χ1) is 29.8. The molecule has 0 spiro atoms. The molecule has 11 N–H and O–H groups in total. The van der Waals surface area contributed by atoms with E-state index < -0.39 is 30.5 Å². The third kappa shape index (κ3) is 19.7. The Morgan fingerprint density at radius 3 is 2.05 bits per heavy atom. The van der Waals surface area contributed by atoms with Crippen LogP contribution in [-0.2, 0) is 9.47 Å². The number of nitrogens with zero attached hydrogens (tertiary/aromatic N) is 2. The summed E-state index contributed by atoms with van der Waals surface area (Å²) in [6.45, 7) is 12.4. The fourth-order valence-corrected chi connectivity index (χ4v) is 10.2. The van der Waals surface area contributed by atoms with E-state index in [4.69, 9.17) is 20.9 Å². The van der Waals surface area contributed by atoms with Gasteiger partial charge in [-0.3, -0.25) is 4.90 Å². The van der Waals surface area contributed by atoms with Crippen LogP contribution in [0.1, 0.15) is 122 Å². The van der Waals surface area contributed by atoms with Crippen molar-refractivity contribution in [3.8, 4) is 0 Å². The van der Waals surface area contributed by atoms with Crippen LogP contribution >= 0.6 is 0 Å². The van der Waals surface area contributed by atoms with Crippen LogP contribution in [0.5, 0.6) is 0 Å². The van der Waals surface area contributed by atoms with Crippen LogP contribution in [0.3, 0.4) is 0 Å². The van der Waals surface area contributed by atoms with Crippen molar-refractivity contribution in [3.05, 3.63) is 59.5 Å². The van der Waals surface area contributed by atoms with E-state index in [1.54, 1.807) is 13.0 Å². The summed E-state index contributed by atoms with van der Waals surface area (Å²) in [7, 11) is 0. The van der Waals surface area contributed by atoms with Crippen LogP contribution in [0.25, 0.3) is 0 Å². The number of hydrogen-bond acceptors (Lipinski definition) is 13. The molecule has 0 aromatic carbocycles. The summed E-state index contributed by atoms with van der Waals surface area (Å²) in [5.74, 6) is 2.45. The number of ether oxygens (including phenoxy) is 2. The fourth-order valence-electron chi connectivity index (χ4n) is 10.2. The first-order valence-corrected chi connectivity index (χ1v) is 24.2. The molecule has 9 unspecified atom stereocenters. The zero-order chi connectivity index (χ0) is 44.9. The van der Waals surface area contributed by atoms with Crippen LogP contribution in [0, 0.1) is 29.6 Å². The van der Waals surface area contributed by atoms with Crippen molar-refractivity contribution < 1.29 is 45.2 Å². The average Bonchev–Trinajstić information content (AvgIpc) is 3.19. The Balaban J connectivity index is 1.40. The summed E-state index contributed by atoms with van der Waals surface area (Å²) >= 11 is 0. The van der Waals surface area contributed by atoms with Gasteiger partial charge in [-0.05, 0) is 120 Å². The Kier molecular flexibility index (Phi) is 23.9. The van der Waals surface area contributed by atoms with E-state index >= 15 is 0 Å². The molecule has 4 aliphatic carbocycles. The third-order valence-electron chi connectivity index (χ3n) is 13.1. The lowest BCUT2D eigenvalue weighted by molar-refractivity contribution is -0.0918. The molecular weight excluding hydrogens is 789 g/mol. The second-order valence-electron chi connectivity index (χ2n) is 19.3. The number of nitrogens with two attached hydrogens (primary N) is 2. The minimum atomic E-state index is -0.911. The number of rotatable bonds is 30. The molecule has 13 nitrogen and oxygen atoms in total. The Morgan fingerprint density at radius 2 is 1.45 bits per heavy atom. The Labute approximate surface area is 373 Å². The highest BCUT2D eigenvalue weighted by Crippen LogP contribution is 2.33. The summed E-state index contributed by atoms with van der Waals surface area (Å²) in [6, 6.07) is 0. The Morgan fingerprint density at radius 1 is 0.806 bits per heavy atom. The molecule has 10 atom stereocenters. The topological polar surface area (TPSA) is 219 Å². The number of hydrogen-bond donors (Lipinski definition) is 9. The average molecular weight is 875 g/mol. The SMILES string of the molecule is C=C(O)CC(CC(C)O)CN(CC1=CC(O)[C@@H](OCCCCCCN)C(O)C1)CC1C=CC(CN(CC2CCC(OCCCCCCN)=C(O)C2)CC2CC(O)=CC(O)C2)CC1. The van der Waals surface area contributed by atoms with Crippen molar-refractivity contribution in [2.45, 2.75) is 153 Å². The maximum absolute atomic E-state index is 11.1. The van der Waals surface area contributed by atoms with Gasteiger partial charge < -0.3 is 61.6 Å². The minimum absolute atomic E-state index is 0.0217. The normalized spacial score (nSPS) is 28.0. The maximum Gasteiger partial charge on any atom is 0.133 e. The molecule has 0 bridgehead atoms. The van der Waals surface area contributed by atoms with Crippen molar-refractivity contribution in [3.63, 3.8) is 0 Å². The lowest BCUT2D eigenvalue weighted by Crippen LogP contribution is -2.44. The maximum atomic E-state index is 11.1. The van der Waals surface area contributed by atoms with E-state index in [1.807, 2.05) is 6.08 Å². The second kappa shape index (κ2) is 28.4. The van der Waals surface area contributed by atoms with Crippen LogP contribution < -0.4 is 11.5 Å². The van der Waals surface area contributed by atoms with E-state index in [0.29, 0.717) is 89.6 Å². The predicted molar refractivity (Wildman–Crippen MR) is 246 cm³/mol. The molecule has 0 amide bonds. The molecule has 13 heteroatoms. The smallest absolute Gasteiger partial charge is 0.133 e. The number of allylic oxidation sites excluding steroid dienone is 4. The molecule has 0 saturated carbocycles. The van der Waals surface area contributed by atoms with Gasteiger partial charge in [0.2, 0.25) is 0 Å². The van der Waals surface area contributed by atoms with Gasteiger partial charge in [-0.2, -0.15) is 0 Å². The molecule has 62 heavy (non-hydrogen) atoms. The highest BCUT2D eigenvalue weighted by atomic mass is 16.5. The van der Waals surface area contributed by atoms with E-state index in [2.05, 4.69) is 28.5 Å². The summed E-state index contributed by atoms with van der Waals surface area (Å²) in [4.78, 5) is 4.84. The van der Waals surface area contributed by atoms with E-state index in [-0.39, 0.29) is 35.2 Å². The molecule has 0 saturated heterocycles. The molecule has 0 radical (unpaired) electrons. The highest BCUT2D eigenvalue weighted by molar-refractivity contribution is 5.16. The minimum Gasteiger partial charge on any atom is -0.513 e. The van der Waals surface area contributed by atoms with Crippen molar-refractivity contribution in [2.75, 3.05) is 65.6 Å². The molecule has 0 aromatic rings. The zero-order valence-corrected chi connectivity index (χ0v) is 38.1. The van der Waals surface area contributed by atoms with Crippen LogP contribution in [0.15, 0.2) is 59.5 Å². The van der Waals surface area contributed by atoms with E-state index in [1.165, 1.54) is 0 Å². The molecule has 0 aliphatic heterocycles. The number of unbranched alkanes of at least 4 members (excludes halogenated alkanes) is 6. The first kappa shape index (κ1) is 52.2. The molecule has 4 rings (SSSR count). The summed E-state index contributed by atoms with van der Waals surface area (Å²) in [6.07, 6.45) is 19.3. The van der Waals surface area contributed by atoms with Crippen molar-refractivity contribution in [2.24, 2.45) is 41.1 Å². The molecular formula is C49H86N4O9. The van der Waals surface area contributed by atoms with Gasteiger partial charge in [0.05, 0.1) is 36.4 Å². The van der Waals surface area contributed by atoms with Gasteiger partial charge in [-0.15, -0.1) is 0 Å². The van der Waals surface area contributed by atoms with Gasteiger partial charge in [-0.1, -0.05) is 56.1 Å². The Bertz CT molecular complexity index is 1420. The quantitative estimate of drug-likeness (QED) is 0.0220. The van der Waals surface area contributed by atoms with Crippen LogP contribution in [-0.4, -0.2) is 142 Å². The van der Waals surface area contributed by atoms with Gasteiger partial charge >= 0.3 is 0 Å². The molecule has 0 aromatic heterocycles. The molecule has 0 fully saturated rings. The zero-order valence-electron chi connectivity index (χ0n) is 38.1. The first-order valence-electron chi connectivity index (χ1n) is 24.2. The monoisotopic (exact) mass is 875 g/mol. The lowest BCUT2D eigenvalue weighted by atomic mass is 9.85.